The Balaban J connectivity index is 1.75. The monoisotopic (exact) mass is 289 g/mol. The Hall–Kier alpha value is -1.81. The van der Waals surface area contributed by atoms with Gasteiger partial charge in [0.15, 0.2) is 0 Å². The number of aliphatic carboxylic acids is 1. The summed E-state index contributed by atoms with van der Waals surface area (Å²) in [5.74, 6) is 0.0763. The molecule has 2 rings (SSSR count). The van der Waals surface area contributed by atoms with E-state index in [1.807, 2.05) is 24.3 Å². The molecule has 1 aromatic carbocycles. The van der Waals surface area contributed by atoms with E-state index in [9.17, 15) is 4.79 Å². The zero-order valence-corrected chi connectivity index (χ0v) is 12.4. The normalized spacial score (nSPS) is 22.3. The molecule has 2 N–H and O–H groups in total. The smallest absolute Gasteiger partial charge is 0.306 e. The van der Waals surface area contributed by atoms with Crippen LogP contribution in [0, 0.1) is 5.92 Å². The van der Waals surface area contributed by atoms with Crippen LogP contribution in [0.15, 0.2) is 30.3 Å². The molecule has 0 saturated heterocycles. The maximum Gasteiger partial charge on any atom is 0.306 e. The molecule has 1 fully saturated rings. The summed E-state index contributed by atoms with van der Waals surface area (Å²) in [6.45, 7) is 0.792. The van der Waals surface area contributed by atoms with Gasteiger partial charge in [-0.15, -0.1) is 0 Å². The number of benzene rings is 1. The highest BCUT2D eigenvalue weighted by Gasteiger charge is 2.25. The fourth-order valence-electron chi connectivity index (χ4n) is 2.77. The van der Waals surface area contributed by atoms with Gasteiger partial charge < -0.3 is 15.2 Å². The molecule has 0 aliphatic heterocycles. The average molecular weight is 289 g/mol. The van der Waals surface area contributed by atoms with Crippen molar-refractivity contribution in [3.05, 3.63) is 35.9 Å². The molecule has 1 aromatic rings. The van der Waals surface area contributed by atoms with Gasteiger partial charge in [0.1, 0.15) is 5.75 Å². The van der Waals surface area contributed by atoms with E-state index < -0.39 is 5.97 Å². The molecule has 4 heteroatoms. The van der Waals surface area contributed by atoms with Gasteiger partial charge in [-0.3, -0.25) is 4.79 Å². The Morgan fingerprint density at radius 2 is 2.05 bits per heavy atom. The van der Waals surface area contributed by atoms with Crippen molar-refractivity contribution in [2.24, 2.45) is 5.92 Å². The second-order valence-corrected chi connectivity index (χ2v) is 5.44. The Morgan fingerprint density at radius 1 is 1.33 bits per heavy atom. The predicted octanol–water partition coefficient (Wildman–Crippen LogP) is 2.94. The number of rotatable bonds is 6. The maximum atomic E-state index is 10.9. The van der Waals surface area contributed by atoms with Crippen molar-refractivity contribution in [1.82, 2.24) is 5.32 Å². The van der Waals surface area contributed by atoms with Gasteiger partial charge in [-0.1, -0.05) is 30.4 Å². The molecule has 0 radical (unpaired) electrons. The molecule has 114 valence electrons. The third kappa shape index (κ3) is 4.60. The Kier molecular flexibility index (Phi) is 5.81. The number of para-hydroxylation sites is 1. The molecule has 0 amide bonds. The SMILES string of the molecule is COc1ccccc1/C=C/CNC1CCC(C(=O)O)CC1. The van der Waals surface area contributed by atoms with Crippen molar-refractivity contribution in [2.45, 2.75) is 31.7 Å². The summed E-state index contributed by atoms with van der Waals surface area (Å²) in [4.78, 5) is 10.9. The van der Waals surface area contributed by atoms with Crippen molar-refractivity contribution in [2.75, 3.05) is 13.7 Å². The molecule has 1 saturated carbocycles. The van der Waals surface area contributed by atoms with Crippen LogP contribution in [-0.4, -0.2) is 30.8 Å². The van der Waals surface area contributed by atoms with Crippen LogP contribution in [-0.2, 0) is 4.79 Å². The van der Waals surface area contributed by atoms with Gasteiger partial charge in [-0.2, -0.15) is 0 Å². The maximum absolute atomic E-state index is 10.9. The van der Waals surface area contributed by atoms with Crippen LogP contribution < -0.4 is 10.1 Å². The van der Waals surface area contributed by atoms with E-state index in [2.05, 4.69) is 17.5 Å². The average Bonchev–Trinajstić information content (AvgIpc) is 2.52. The van der Waals surface area contributed by atoms with Crippen LogP contribution in [0.5, 0.6) is 5.75 Å². The molecule has 0 spiro atoms. The highest BCUT2D eigenvalue weighted by atomic mass is 16.5. The molecule has 21 heavy (non-hydrogen) atoms. The molecule has 1 aliphatic rings. The summed E-state index contributed by atoms with van der Waals surface area (Å²) < 4.78 is 5.30. The lowest BCUT2D eigenvalue weighted by molar-refractivity contribution is -0.142. The van der Waals surface area contributed by atoms with E-state index in [4.69, 9.17) is 9.84 Å². The molecule has 0 atom stereocenters. The lowest BCUT2D eigenvalue weighted by Gasteiger charge is -2.26. The van der Waals surface area contributed by atoms with Crippen molar-refractivity contribution in [3.63, 3.8) is 0 Å². The van der Waals surface area contributed by atoms with Gasteiger partial charge in [-0.25, -0.2) is 0 Å². The van der Waals surface area contributed by atoms with Gasteiger partial charge in [0.25, 0.3) is 0 Å². The van der Waals surface area contributed by atoms with Crippen LogP contribution in [0.4, 0.5) is 0 Å². The standard InChI is InChI=1S/C17H23NO3/c1-21-16-7-3-2-5-13(16)6-4-12-18-15-10-8-14(9-11-15)17(19)20/h2-7,14-15,18H,8-12H2,1H3,(H,19,20)/b6-4+. The minimum absolute atomic E-state index is 0.146. The van der Waals surface area contributed by atoms with Crippen LogP contribution in [0.25, 0.3) is 6.08 Å². The highest BCUT2D eigenvalue weighted by molar-refractivity contribution is 5.70. The molecular formula is C17H23NO3. The Bertz CT molecular complexity index is 491. The van der Waals surface area contributed by atoms with Gasteiger partial charge in [0.05, 0.1) is 13.0 Å². The molecule has 0 heterocycles. The van der Waals surface area contributed by atoms with E-state index in [0.29, 0.717) is 6.04 Å². The van der Waals surface area contributed by atoms with E-state index >= 15 is 0 Å². The summed E-state index contributed by atoms with van der Waals surface area (Å²) in [7, 11) is 1.67. The Labute approximate surface area is 125 Å². The van der Waals surface area contributed by atoms with Crippen molar-refractivity contribution < 1.29 is 14.6 Å². The third-order valence-electron chi connectivity index (χ3n) is 4.04. The van der Waals surface area contributed by atoms with Crippen molar-refractivity contribution in [1.29, 1.82) is 0 Å². The van der Waals surface area contributed by atoms with E-state index in [-0.39, 0.29) is 5.92 Å². The first kappa shape index (κ1) is 15.6. The number of hydrogen-bond acceptors (Lipinski definition) is 3. The summed E-state index contributed by atoms with van der Waals surface area (Å²) in [5.41, 5.74) is 1.07. The zero-order chi connectivity index (χ0) is 15.1. The summed E-state index contributed by atoms with van der Waals surface area (Å²) in [5, 5.41) is 12.4. The van der Waals surface area contributed by atoms with E-state index in [0.717, 1.165) is 43.5 Å². The first-order valence-corrected chi connectivity index (χ1v) is 7.46. The number of ether oxygens (including phenoxy) is 1. The lowest BCUT2D eigenvalue weighted by atomic mass is 9.86. The van der Waals surface area contributed by atoms with E-state index in [1.54, 1.807) is 7.11 Å². The zero-order valence-electron chi connectivity index (χ0n) is 12.4. The van der Waals surface area contributed by atoms with Gasteiger partial charge in [-0.05, 0) is 31.7 Å². The van der Waals surface area contributed by atoms with E-state index in [1.165, 1.54) is 0 Å². The largest absolute Gasteiger partial charge is 0.496 e. The van der Waals surface area contributed by atoms with Crippen LogP contribution in [0.3, 0.4) is 0 Å². The molecule has 0 unspecified atom stereocenters. The fraction of sp³-hybridized carbons (Fsp3) is 0.471. The molecule has 4 nitrogen and oxygen atoms in total. The van der Waals surface area contributed by atoms with Crippen molar-refractivity contribution in [3.8, 4) is 5.75 Å². The molecule has 0 aromatic heterocycles. The lowest BCUT2D eigenvalue weighted by Crippen LogP contribution is -2.34. The third-order valence-corrected chi connectivity index (χ3v) is 4.04. The Morgan fingerprint density at radius 3 is 2.71 bits per heavy atom. The quantitative estimate of drug-likeness (QED) is 0.845. The van der Waals surface area contributed by atoms with Crippen LogP contribution >= 0.6 is 0 Å². The van der Waals surface area contributed by atoms with Crippen LogP contribution in [0.2, 0.25) is 0 Å². The summed E-state index contributed by atoms with van der Waals surface area (Å²) in [6, 6.07) is 8.34. The first-order valence-electron chi connectivity index (χ1n) is 7.46. The van der Waals surface area contributed by atoms with Crippen molar-refractivity contribution >= 4 is 12.0 Å². The summed E-state index contributed by atoms with van der Waals surface area (Å²) in [6.07, 6.45) is 7.58. The first-order chi connectivity index (χ1) is 10.2. The highest BCUT2D eigenvalue weighted by Crippen LogP contribution is 2.24. The molecule has 0 bridgehead atoms. The number of hydrogen-bond donors (Lipinski definition) is 2. The topological polar surface area (TPSA) is 58.6 Å². The molecule has 1 aliphatic carbocycles. The molecular weight excluding hydrogens is 266 g/mol. The minimum Gasteiger partial charge on any atom is -0.496 e. The minimum atomic E-state index is -0.649. The number of carboxylic acids is 1. The number of carbonyl (C=O) groups is 1. The second kappa shape index (κ2) is 7.84. The second-order valence-electron chi connectivity index (χ2n) is 5.44. The van der Waals surface area contributed by atoms with Crippen LogP contribution in [0.1, 0.15) is 31.2 Å². The van der Waals surface area contributed by atoms with Gasteiger partial charge in [0, 0.05) is 18.2 Å². The predicted molar refractivity (Wildman–Crippen MR) is 83.4 cm³/mol. The number of nitrogens with one attached hydrogen (secondary N) is 1. The number of carboxylic acid groups (broad SMARTS) is 1. The van der Waals surface area contributed by atoms with Gasteiger partial charge >= 0.3 is 5.97 Å². The fourth-order valence-corrected chi connectivity index (χ4v) is 2.77. The van der Waals surface area contributed by atoms with Gasteiger partial charge in [0.2, 0.25) is 0 Å². The summed E-state index contributed by atoms with van der Waals surface area (Å²) >= 11 is 0. The number of methoxy groups -OCH3 is 1.